The maximum absolute atomic E-state index is 12.5. The number of unbranched alkanes of at least 4 members (excludes halogenated alkanes) is 2. The van der Waals surface area contributed by atoms with E-state index in [0.29, 0.717) is 17.6 Å². The topological polar surface area (TPSA) is 17.1 Å². The zero-order valence-corrected chi connectivity index (χ0v) is 14.0. The molecule has 0 aromatic rings. The molecule has 2 unspecified atom stereocenters. The largest absolute Gasteiger partial charge is 0.295 e. The third-order valence-corrected chi connectivity index (χ3v) is 5.18. The number of ketones is 1. The molecule has 2 rings (SSSR count). The number of carbonyl (C=O) groups excluding carboxylic acids is 1. The molecule has 0 amide bonds. The van der Waals surface area contributed by atoms with Gasteiger partial charge in [0.25, 0.3) is 0 Å². The van der Waals surface area contributed by atoms with Crippen molar-refractivity contribution in [2.45, 2.75) is 65.7 Å². The highest BCUT2D eigenvalue weighted by Gasteiger charge is 2.37. The fourth-order valence-electron chi connectivity index (χ4n) is 3.93. The van der Waals surface area contributed by atoms with E-state index >= 15 is 0 Å². The van der Waals surface area contributed by atoms with Crippen molar-refractivity contribution in [2.75, 3.05) is 0 Å². The predicted octanol–water partition coefficient (Wildman–Crippen LogP) is 5.63. The smallest absolute Gasteiger partial charge is 0.159 e. The van der Waals surface area contributed by atoms with Crippen LogP contribution in [0, 0.1) is 17.8 Å². The molecule has 0 aromatic carbocycles. The van der Waals surface area contributed by atoms with Crippen LogP contribution in [0.25, 0.3) is 0 Å². The molecule has 0 saturated heterocycles. The lowest BCUT2D eigenvalue weighted by Crippen LogP contribution is -2.28. The Hall–Kier alpha value is -1.11. The summed E-state index contributed by atoms with van der Waals surface area (Å²) in [5.41, 5.74) is 4.08. The van der Waals surface area contributed by atoms with Crippen LogP contribution in [0.3, 0.4) is 0 Å². The molecule has 116 valence electrons. The first-order valence-corrected chi connectivity index (χ1v) is 8.59. The Balaban J connectivity index is 2.06. The quantitative estimate of drug-likeness (QED) is 0.457. The van der Waals surface area contributed by atoms with Crippen LogP contribution < -0.4 is 0 Å². The van der Waals surface area contributed by atoms with E-state index in [1.807, 2.05) is 6.08 Å². The maximum Gasteiger partial charge on any atom is 0.159 e. The van der Waals surface area contributed by atoms with E-state index in [1.165, 1.54) is 36.0 Å². The first-order valence-electron chi connectivity index (χ1n) is 8.59. The van der Waals surface area contributed by atoms with Crippen molar-refractivity contribution in [1.82, 2.24) is 0 Å². The number of carbonyl (C=O) groups is 1. The van der Waals surface area contributed by atoms with Crippen LogP contribution in [0.4, 0.5) is 0 Å². The van der Waals surface area contributed by atoms with Gasteiger partial charge in [0.1, 0.15) is 0 Å². The van der Waals surface area contributed by atoms with Gasteiger partial charge in [-0.3, -0.25) is 4.79 Å². The Kier molecular flexibility index (Phi) is 5.61. The van der Waals surface area contributed by atoms with Gasteiger partial charge in [-0.1, -0.05) is 49.1 Å². The van der Waals surface area contributed by atoms with Crippen molar-refractivity contribution in [2.24, 2.45) is 17.8 Å². The highest BCUT2D eigenvalue weighted by atomic mass is 16.1. The average Bonchev–Trinajstić information content (AvgIpc) is 2.79. The molecule has 0 spiro atoms. The molecule has 21 heavy (non-hydrogen) atoms. The summed E-state index contributed by atoms with van der Waals surface area (Å²) in [6.45, 7) is 10.7. The van der Waals surface area contributed by atoms with Gasteiger partial charge in [-0.2, -0.15) is 0 Å². The summed E-state index contributed by atoms with van der Waals surface area (Å²) in [4.78, 5) is 12.5. The minimum Gasteiger partial charge on any atom is -0.295 e. The number of hydrogen-bond acceptors (Lipinski definition) is 1. The number of allylic oxidation sites excluding steroid dienone is 5. The average molecular weight is 286 g/mol. The van der Waals surface area contributed by atoms with Crippen LogP contribution in [0.15, 0.2) is 35.5 Å². The van der Waals surface area contributed by atoms with Crippen molar-refractivity contribution in [3.8, 4) is 0 Å². The minimum atomic E-state index is 0.179. The second-order valence-electron chi connectivity index (χ2n) is 7.05. The molecule has 2 aliphatic rings. The van der Waals surface area contributed by atoms with E-state index in [-0.39, 0.29) is 5.92 Å². The van der Waals surface area contributed by atoms with Crippen LogP contribution in [0.2, 0.25) is 0 Å². The van der Waals surface area contributed by atoms with E-state index in [9.17, 15) is 4.79 Å². The highest BCUT2D eigenvalue weighted by Crippen LogP contribution is 2.42. The Morgan fingerprint density at radius 1 is 1.38 bits per heavy atom. The Labute approximate surface area is 130 Å². The summed E-state index contributed by atoms with van der Waals surface area (Å²) in [6, 6.07) is 0. The van der Waals surface area contributed by atoms with Gasteiger partial charge < -0.3 is 0 Å². The fraction of sp³-hybridized carbons (Fsp3) is 0.650. The molecule has 0 saturated carbocycles. The Bertz CT molecular complexity index is 466. The molecule has 0 aromatic heterocycles. The fourth-order valence-corrected chi connectivity index (χ4v) is 3.93. The van der Waals surface area contributed by atoms with E-state index in [1.54, 1.807) is 0 Å². The lowest BCUT2D eigenvalue weighted by molar-refractivity contribution is -0.118. The van der Waals surface area contributed by atoms with E-state index in [4.69, 9.17) is 0 Å². The molecule has 0 fully saturated rings. The third kappa shape index (κ3) is 3.96. The van der Waals surface area contributed by atoms with Crippen molar-refractivity contribution in [3.05, 3.63) is 35.5 Å². The summed E-state index contributed by atoms with van der Waals surface area (Å²) in [5, 5.41) is 0. The highest BCUT2D eigenvalue weighted by molar-refractivity contribution is 5.95. The molecule has 0 radical (unpaired) electrons. The molecule has 1 nitrogen and oxygen atoms in total. The Morgan fingerprint density at radius 3 is 2.81 bits per heavy atom. The van der Waals surface area contributed by atoms with E-state index < -0.39 is 0 Å². The van der Waals surface area contributed by atoms with Crippen molar-refractivity contribution < 1.29 is 4.79 Å². The van der Waals surface area contributed by atoms with Crippen molar-refractivity contribution in [1.29, 1.82) is 0 Å². The van der Waals surface area contributed by atoms with Gasteiger partial charge in [-0.25, -0.2) is 0 Å². The zero-order chi connectivity index (χ0) is 15.4. The summed E-state index contributed by atoms with van der Waals surface area (Å²) >= 11 is 0. The minimum absolute atomic E-state index is 0.179. The van der Waals surface area contributed by atoms with Gasteiger partial charge in [0.05, 0.1) is 0 Å². The van der Waals surface area contributed by atoms with Crippen molar-refractivity contribution in [3.63, 3.8) is 0 Å². The first kappa shape index (κ1) is 16.3. The summed E-state index contributed by atoms with van der Waals surface area (Å²) < 4.78 is 0. The van der Waals surface area contributed by atoms with Gasteiger partial charge in [0.15, 0.2) is 5.78 Å². The lowest BCUT2D eigenvalue weighted by atomic mass is 9.70. The van der Waals surface area contributed by atoms with Gasteiger partial charge >= 0.3 is 0 Å². The van der Waals surface area contributed by atoms with E-state index in [0.717, 1.165) is 25.7 Å². The second-order valence-corrected chi connectivity index (χ2v) is 7.05. The SMILES string of the molecule is C=C(C)[C@@H]1CCC(C)=CC1C1CC(CCCCC)=CC1=O. The molecule has 0 aliphatic heterocycles. The van der Waals surface area contributed by atoms with Crippen LogP contribution >= 0.6 is 0 Å². The zero-order valence-electron chi connectivity index (χ0n) is 14.0. The molecule has 2 aliphatic carbocycles. The first-order chi connectivity index (χ1) is 10.0. The van der Waals surface area contributed by atoms with Crippen LogP contribution in [0.5, 0.6) is 0 Å². The number of rotatable bonds is 6. The van der Waals surface area contributed by atoms with E-state index in [2.05, 4.69) is 33.4 Å². The summed E-state index contributed by atoms with van der Waals surface area (Å²) in [7, 11) is 0. The van der Waals surface area contributed by atoms with Gasteiger partial charge in [0.2, 0.25) is 0 Å². The normalized spacial score (nSPS) is 29.3. The molecule has 1 heteroatoms. The molecule has 0 bridgehead atoms. The molecular weight excluding hydrogens is 256 g/mol. The molecular formula is C20H30O. The van der Waals surface area contributed by atoms with Crippen LogP contribution in [-0.4, -0.2) is 5.78 Å². The monoisotopic (exact) mass is 286 g/mol. The maximum atomic E-state index is 12.5. The lowest BCUT2D eigenvalue weighted by Gasteiger charge is -2.33. The standard InChI is InChI=1S/C20H30O/c1-5-6-7-8-16-12-19(20(21)13-16)18-11-15(4)9-10-17(18)14(2)3/h11,13,17-19H,2,5-10,12H2,1,3-4H3/t17-,18?,19?/m0/s1. The molecule has 3 atom stereocenters. The van der Waals surface area contributed by atoms with Crippen molar-refractivity contribution >= 4 is 5.78 Å². The Morgan fingerprint density at radius 2 is 2.14 bits per heavy atom. The third-order valence-electron chi connectivity index (χ3n) is 5.18. The number of hydrogen-bond donors (Lipinski definition) is 0. The van der Waals surface area contributed by atoms with Gasteiger partial charge in [0, 0.05) is 5.92 Å². The van der Waals surface area contributed by atoms with Crippen LogP contribution in [0.1, 0.15) is 65.7 Å². The van der Waals surface area contributed by atoms with Gasteiger partial charge in [-0.05, 0) is 63.9 Å². The van der Waals surface area contributed by atoms with Gasteiger partial charge in [-0.15, -0.1) is 0 Å². The summed E-state index contributed by atoms with van der Waals surface area (Å²) in [5.74, 6) is 1.41. The molecule has 0 heterocycles. The summed E-state index contributed by atoms with van der Waals surface area (Å²) in [6.07, 6.45) is 12.5. The van der Waals surface area contributed by atoms with Crippen LogP contribution in [-0.2, 0) is 4.79 Å². The molecule has 0 N–H and O–H groups in total. The predicted molar refractivity (Wildman–Crippen MR) is 90.1 cm³/mol. The second kappa shape index (κ2) is 7.24.